The van der Waals surface area contributed by atoms with E-state index in [1.165, 1.54) is 11.3 Å². The fraction of sp³-hybridized carbons (Fsp3) is 0.136. The van der Waals surface area contributed by atoms with Gasteiger partial charge >= 0.3 is 5.97 Å². The first-order valence-electron chi connectivity index (χ1n) is 8.42. The first-order valence-corrected chi connectivity index (χ1v) is 9.30. The fourth-order valence-electron chi connectivity index (χ4n) is 2.66. The van der Waals surface area contributed by atoms with E-state index in [4.69, 9.17) is 9.47 Å². The first-order chi connectivity index (χ1) is 13.1. The summed E-state index contributed by atoms with van der Waals surface area (Å²) in [5.74, 6) is 0.218. The Labute approximate surface area is 162 Å². The normalized spacial score (nSPS) is 11.3. The molecule has 0 aliphatic rings. The number of carboxylic acids is 1. The summed E-state index contributed by atoms with van der Waals surface area (Å²) in [7, 11) is 1.57. The molecule has 5 heteroatoms. The molecule has 0 radical (unpaired) electrons. The molecule has 0 fully saturated rings. The van der Waals surface area contributed by atoms with Crippen molar-refractivity contribution in [1.29, 1.82) is 0 Å². The summed E-state index contributed by atoms with van der Waals surface area (Å²) in [6.07, 6.45) is 1.64. The Bertz CT molecular complexity index is 958. The van der Waals surface area contributed by atoms with Gasteiger partial charge in [0.05, 0.1) is 12.7 Å². The van der Waals surface area contributed by atoms with Gasteiger partial charge in [-0.25, -0.2) is 4.79 Å². The maximum Gasteiger partial charge on any atom is 0.337 e. The van der Waals surface area contributed by atoms with Crippen LogP contribution in [0, 0.1) is 6.92 Å². The number of aliphatic carboxylic acids is 1. The number of hydrogen-bond donors (Lipinski definition) is 1. The van der Waals surface area contributed by atoms with E-state index < -0.39 is 5.97 Å². The number of ether oxygens (including phenoxy) is 2. The highest BCUT2D eigenvalue weighted by atomic mass is 32.1. The standard InChI is InChI=1S/C22H20O4S/c1-15-6-3-4-7-17(15)14-26-19-10-9-16(13-20(19)25-2)12-18(22(23)24)21-8-5-11-27-21/h3-13H,14H2,1-2H3,(H,23,24)/b18-12-. The average molecular weight is 380 g/mol. The highest BCUT2D eigenvalue weighted by Crippen LogP contribution is 2.31. The second kappa shape index (κ2) is 8.56. The van der Waals surface area contributed by atoms with Crippen molar-refractivity contribution in [2.45, 2.75) is 13.5 Å². The Morgan fingerprint density at radius 3 is 2.59 bits per heavy atom. The summed E-state index contributed by atoms with van der Waals surface area (Å²) in [5.41, 5.74) is 3.26. The summed E-state index contributed by atoms with van der Waals surface area (Å²) in [6, 6.07) is 17.1. The lowest BCUT2D eigenvalue weighted by Crippen LogP contribution is -2.00. The molecule has 138 valence electrons. The van der Waals surface area contributed by atoms with Crippen LogP contribution >= 0.6 is 11.3 Å². The minimum absolute atomic E-state index is 0.251. The lowest BCUT2D eigenvalue weighted by Gasteiger charge is -2.13. The maximum absolute atomic E-state index is 11.6. The Morgan fingerprint density at radius 1 is 1.11 bits per heavy atom. The number of carbonyl (C=O) groups is 1. The van der Waals surface area contributed by atoms with E-state index in [1.54, 1.807) is 31.4 Å². The molecule has 0 aliphatic heterocycles. The Balaban J connectivity index is 1.84. The SMILES string of the molecule is COc1cc(/C=C(\C(=O)O)c2cccs2)ccc1OCc1ccccc1C. The number of benzene rings is 2. The van der Waals surface area contributed by atoms with Crippen molar-refractivity contribution in [2.75, 3.05) is 7.11 Å². The van der Waals surface area contributed by atoms with Crippen molar-refractivity contribution in [2.24, 2.45) is 0 Å². The summed E-state index contributed by atoms with van der Waals surface area (Å²) in [6.45, 7) is 2.48. The lowest BCUT2D eigenvalue weighted by atomic mass is 10.1. The van der Waals surface area contributed by atoms with Crippen LogP contribution in [0.4, 0.5) is 0 Å². The molecule has 2 aromatic carbocycles. The smallest absolute Gasteiger partial charge is 0.337 e. The van der Waals surface area contributed by atoms with Crippen molar-refractivity contribution in [3.05, 3.63) is 81.5 Å². The van der Waals surface area contributed by atoms with Gasteiger partial charge in [0.25, 0.3) is 0 Å². The fourth-order valence-corrected chi connectivity index (χ4v) is 3.39. The van der Waals surface area contributed by atoms with E-state index in [1.807, 2.05) is 48.7 Å². The van der Waals surface area contributed by atoms with Gasteiger partial charge in [0.1, 0.15) is 6.61 Å². The quantitative estimate of drug-likeness (QED) is 0.567. The third kappa shape index (κ3) is 4.57. The van der Waals surface area contributed by atoms with Crippen LogP contribution in [0.15, 0.2) is 60.0 Å². The van der Waals surface area contributed by atoms with Crippen LogP contribution in [0.2, 0.25) is 0 Å². The molecule has 0 unspecified atom stereocenters. The van der Waals surface area contributed by atoms with Crippen molar-refractivity contribution in [3.8, 4) is 11.5 Å². The van der Waals surface area contributed by atoms with Crippen LogP contribution in [0.3, 0.4) is 0 Å². The van der Waals surface area contributed by atoms with Crippen molar-refractivity contribution >= 4 is 29.0 Å². The van der Waals surface area contributed by atoms with E-state index >= 15 is 0 Å². The molecule has 3 aromatic rings. The van der Waals surface area contributed by atoms with Crippen LogP contribution in [-0.2, 0) is 11.4 Å². The molecule has 0 saturated carbocycles. The third-order valence-electron chi connectivity index (χ3n) is 4.16. The second-order valence-electron chi connectivity index (χ2n) is 5.97. The van der Waals surface area contributed by atoms with Crippen LogP contribution in [-0.4, -0.2) is 18.2 Å². The molecular weight excluding hydrogens is 360 g/mol. The number of methoxy groups -OCH3 is 1. The molecule has 0 atom stereocenters. The number of rotatable bonds is 7. The van der Waals surface area contributed by atoms with Crippen LogP contribution < -0.4 is 9.47 Å². The Hall–Kier alpha value is -3.05. The van der Waals surface area contributed by atoms with Gasteiger partial charge in [-0.3, -0.25) is 0 Å². The zero-order valence-electron chi connectivity index (χ0n) is 15.1. The largest absolute Gasteiger partial charge is 0.493 e. The van der Waals surface area contributed by atoms with Crippen LogP contribution in [0.5, 0.6) is 11.5 Å². The molecule has 1 N–H and O–H groups in total. The van der Waals surface area contributed by atoms with E-state index in [0.29, 0.717) is 23.0 Å². The molecule has 4 nitrogen and oxygen atoms in total. The zero-order valence-corrected chi connectivity index (χ0v) is 16.0. The van der Waals surface area contributed by atoms with Gasteiger partial charge in [0.2, 0.25) is 0 Å². The highest BCUT2D eigenvalue weighted by molar-refractivity contribution is 7.11. The monoisotopic (exact) mass is 380 g/mol. The summed E-state index contributed by atoms with van der Waals surface area (Å²) < 4.78 is 11.4. The van der Waals surface area contributed by atoms with Gasteiger partial charge in [0, 0.05) is 4.88 Å². The predicted octanol–water partition coefficient (Wildman–Crippen LogP) is 5.27. The highest BCUT2D eigenvalue weighted by Gasteiger charge is 2.13. The number of carboxylic acid groups (broad SMARTS) is 1. The third-order valence-corrected chi connectivity index (χ3v) is 5.06. The van der Waals surface area contributed by atoms with Gasteiger partial charge in [-0.15, -0.1) is 11.3 Å². The van der Waals surface area contributed by atoms with Gasteiger partial charge in [0.15, 0.2) is 11.5 Å². The molecular formula is C22H20O4S. The van der Waals surface area contributed by atoms with Gasteiger partial charge in [-0.2, -0.15) is 0 Å². The van der Waals surface area contributed by atoms with Crippen LogP contribution in [0.25, 0.3) is 11.6 Å². The molecule has 3 rings (SSSR count). The van der Waals surface area contributed by atoms with Gasteiger partial charge in [-0.05, 0) is 53.3 Å². The molecule has 0 amide bonds. The number of hydrogen-bond acceptors (Lipinski definition) is 4. The molecule has 1 aromatic heterocycles. The summed E-state index contributed by atoms with van der Waals surface area (Å²) in [5, 5.41) is 11.4. The maximum atomic E-state index is 11.6. The summed E-state index contributed by atoms with van der Waals surface area (Å²) >= 11 is 1.39. The number of aryl methyl sites for hydroxylation is 1. The van der Waals surface area contributed by atoms with E-state index in [-0.39, 0.29) is 5.57 Å². The minimum Gasteiger partial charge on any atom is -0.493 e. The van der Waals surface area contributed by atoms with Crippen LogP contribution in [0.1, 0.15) is 21.6 Å². The summed E-state index contributed by atoms with van der Waals surface area (Å²) in [4.78, 5) is 12.3. The minimum atomic E-state index is -0.962. The topological polar surface area (TPSA) is 55.8 Å². The van der Waals surface area contributed by atoms with Gasteiger partial charge in [-0.1, -0.05) is 36.4 Å². The zero-order chi connectivity index (χ0) is 19.2. The average Bonchev–Trinajstić information content (AvgIpc) is 3.20. The van der Waals surface area contributed by atoms with Crippen molar-refractivity contribution in [3.63, 3.8) is 0 Å². The van der Waals surface area contributed by atoms with Gasteiger partial charge < -0.3 is 14.6 Å². The predicted molar refractivity (Wildman–Crippen MR) is 108 cm³/mol. The molecule has 0 bridgehead atoms. The first kappa shape index (κ1) is 18.7. The number of thiophene rings is 1. The second-order valence-corrected chi connectivity index (χ2v) is 6.91. The van der Waals surface area contributed by atoms with E-state index in [9.17, 15) is 9.90 Å². The molecule has 0 saturated heterocycles. The molecule has 27 heavy (non-hydrogen) atoms. The lowest BCUT2D eigenvalue weighted by molar-refractivity contribution is -0.130. The molecule has 0 spiro atoms. The van der Waals surface area contributed by atoms with E-state index in [0.717, 1.165) is 16.7 Å². The molecule has 0 aliphatic carbocycles. The van der Waals surface area contributed by atoms with Crippen molar-refractivity contribution < 1.29 is 19.4 Å². The molecule has 1 heterocycles. The Morgan fingerprint density at radius 2 is 1.93 bits per heavy atom. The Kier molecular flexibility index (Phi) is 5.94. The van der Waals surface area contributed by atoms with Crippen molar-refractivity contribution in [1.82, 2.24) is 0 Å². The van der Waals surface area contributed by atoms with E-state index in [2.05, 4.69) is 0 Å².